The van der Waals surface area contributed by atoms with Crippen molar-refractivity contribution in [2.45, 2.75) is 80.4 Å². The number of nitrogens with one attached hydrogen (secondary N) is 3. The number of ketones is 1. The summed E-state index contributed by atoms with van der Waals surface area (Å²) in [6.45, 7) is 16.5. The molecule has 3 rings (SSSR count). The Hall–Kier alpha value is -3.40. The second-order valence-electron chi connectivity index (χ2n) is 13.9. The first-order chi connectivity index (χ1) is 18.8. The Bertz CT molecular complexity index is 1320. The first kappa shape index (κ1) is 32.1. The van der Waals surface area contributed by atoms with Crippen molar-refractivity contribution in [2.24, 2.45) is 22.2 Å². The second-order valence-corrected chi connectivity index (χ2v) is 13.9. The molecule has 0 radical (unpaired) electrons. The van der Waals surface area contributed by atoms with Gasteiger partial charge in [0.2, 0.25) is 11.8 Å². The third-order valence-corrected chi connectivity index (χ3v) is 8.40. The Kier molecular flexibility index (Phi) is 8.98. The molecule has 4 N–H and O–H groups in total. The highest BCUT2D eigenvalue weighted by molar-refractivity contribution is 6.02. The Morgan fingerprint density at radius 3 is 2.22 bits per heavy atom. The van der Waals surface area contributed by atoms with Gasteiger partial charge in [-0.2, -0.15) is 0 Å². The van der Waals surface area contributed by atoms with E-state index in [1.807, 2.05) is 74.4 Å². The number of carbonyl (C=O) groups is 4. The minimum absolute atomic E-state index is 0.0404. The molecule has 4 atom stereocenters. The number of carbonyl (C=O) groups excluding carboxylic acids is 4. The normalized spacial score (nSPS) is 20.4. The number of nitrogens with zero attached hydrogens (tertiary/aromatic N) is 1. The number of amides is 3. The molecule has 1 aromatic heterocycles. The van der Waals surface area contributed by atoms with Crippen LogP contribution < -0.4 is 15.4 Å². The van der Waals surface area contributed by atoms with Gasteiger partial charge < -0.3 is 30.4 Å². The van der Waals surface area contributed by atoms with E-state index >= 15 is 0 Å². The standard InChI is InChI=1S/C31H46N4O6/c1-17-15-35(25(31(17,8)9)27(39)33-23(21(37)16-36)29(2,3)4)28(40)24(30(5,6)7)34-26(38)20-14-18-19(32-20)12-11-13-22(18)41-10/h11-14,17,23-25,32,36H,15-16H2,1-10H3,(H,33,39)(H,34,38)/t17-,23-,24-,25-/m1/s1. The molecule has 1 aliphatic rings. The lowest BCUT2D eigenvalue weighted by Gasteiger charge is -2.39. The number of hydrogen-bond donors (Lipinski definition) is 4. The number of aromatic nitrogens is 1. The predicted molar refractivity (Wildman–Crippen MR) is 157 cm³/mol. The van der Waals surface area contributed by atoms with Crippen LogP contribution in [0.1, 0.15) is 72.8 Å². The Morgan fingerprint density at radius 2 is 1.68 bits per heavy atom. The number of aliphatic hydroxyl groups excluding tert-OH is 1. The van der Waals surface area contributed by atoms with Crippen molar-refractivity contribution in [3.05, 3.63) is 30.0 Å². The van der Waals surface area contributed by atoms with Crippen molar-refractivity contribution in [3.63, 3.8) is 0 Å². The summed E-state index contributed by atoms with van der Waals surface area (Å²) < 4.78 is 5.41. The zero-order valence-electron chi connectivity index (χ0n) is 26.0. The smallest absolute Gasteiger partial charge is 0.268 e. The summed E-state index contributed by atoms with van der Waals surface area (Å²) in [6.07, 6.45) is 0. The molecule has 10 nitrogen and oxygen atoms in total. The Balaban J connectivity index is 1.95. The van der Waals surface area contributed by atoms with E-state index in [2.05, 4.69) is 15.6 Å². The number of H-pyrrole nitrogens is 1. The van der Waals surface area contributed by atoms with Gasteiger partial charge in [0.05, 0.1) is 13.2 Å². The summed E-state index contributed by atoms with van der Waals surface area (Å²) in [5, 5.41) is 16.0. The van der Waals surface area contributed by atoms with Crippen LogP contribution in [0.4, 0.5) is 0 Å². The summed E-state index contributed by atoms with van der Waals surface area (Å²) in [5.74, 6) is -1.21. The second kappa shape index (κ2) is 11.5. The maximum absolute atomic E-state index is 14.2. The quantitative estimate of drug-likeness (QED) is 0.384. The molecule has 1 saturated heterocycles. The minimum Gasteiger partial charge on any atom is -0.496 e. The molecule has 1 fully saturated rings. The Morgan fingerprint density at radius 1 is 1.07 bits per heavy atom. The fourth-order valence-electron chi connectivity index (χ4n) is 5.55. The van der Waals surface area contributed by atoms with Gasteiger partial charge in [-0.25, -0.2) is 0 Å². The minimum atomic E-state index is -0.947. The van der Waals surface area contributed by atoms with Crippen molar-refractivity contribution in [3.8, 4) is 5.75 Å². The third-order valence-electron chi connectivity index (χ3n) is 8.40. The SMILES string of the molecule is COc1cccc2[nH]c(C(=O)N[C@H](C(=O)N3C[C@@H](C)C(C)(C)[C@H]3C(=O)N[C@H](C(=O)CO)C(C)(C)C)C(C)(C)C)cc12. The molecule has 0 bridgehead atoms. The van der Waals surface area contributed by atoms with Crippen molar-refractivity contribution < 1.29 is 29.0 Å². The van der Waals surface area contributed by atoms with Crippen LogP contribution in [0.2, 0.25) is 0 Å². The monoisotopic (exact) mass is 570 g/mol. The molecule has 3 amide bonds. The number of benzene rings is 1. The van der Waals surface area contributed by atoms with Gasteiger partial charge in [-0.1, -0.05) is 68.4 Å². The molecule has 0 spiro atoms. The van der Waals surface area contributed by atoms with E-state index in [0.717, 1.165) is 10.9 Å². The lowest BCUT2D eigenvalue weighted by Crippen LogP contribution is -2.61. The zero-order valence-corrected chi connectivity index (χ0v) is 26.0. The van der Waals surface area contributed by atoms with E-state index in [1.54, 1.807) is 19.2 Å². The van der Waals surface area contributed by atoms with Gasteiger partial charge >= 0.3 is 0 Å². The van der Waals surface area contributed by atoms with Crippen LogP contribution in [0.15, 0.2) is 24.3 Å². The van der Waals surface area contributed by atoms with Gasteiger partial charge in [0.1, 0.15) is 30.1 Å². The van der Waals surface area contributed by atoms with Crippen LogP contribution in [-0.4, -0.2) is 76.9 Å². The van der Waals surface area contributed by atoms with E-state index < -0.39 is 58.6 Å². The lowest BCUT2D eigenvalue weighted by molar-refractivity contribution is -0.145. The number of likely N-dealkylation sites (tertiary alicyclic amines) is 1. The Labute approximate surface area is 242 Å². The van der Waals surface area contributed by atoms with E-state index in [4.69, 9.17) is 4.74 Å². The van der Waals surface area contributed by atoms with Gasteiger partial charge in [-0.15, -0.1) is 0 Å². The number of Topliss-reactive ketones (excluding diaryl/α,β-unsaturated/α-hetero) is 1. The van der Waals surface area contributed by atoms with Crippen LogP contribution in [-0.2, 0) is 14.4 Å². The molecule has 41 heavy (non-hydrogen) atoms. The number of fused-ring (bicyclic) bond motifs is 1. The topological polar surface area (TPSA) is 141 Å². The summed E-state index contributed by atoms with van der Waals surface area (Å²) in [4.78, 5) is 58.7. The molecule has 0 aliphatic carbocycles. The maximum atomic E-state index is 14.2. The number of hydrogen-bond acceptors (Lipinski definition) is 6. The average molecular weight is 571 g/mol. The molecule has 2 aromatic rings. The molecule has 1 aliphatic heterocycles. The number of methoxy groups -OCH3 is 1. The van der Waals surface area contributed by atoms with Crippen LogP contribution in [0.5, 0.6) is 5.75 Å². The van der Waals surface area contributed by atoms with E-state index in [0.29, 0.717) is 12.3 Å². The highest BCUT2D eigenvalue weighted by Crippen LogP contribution is 2.42. The fourth-order valence-corrected chi connectivity index (χ4v) is 5.55. The summed E-state index contributed by atoms with van der Waals surface area (Å²) in [5.41, 5.74) is -0.945. The van der Waals surface area contributed by atoms with Gasteiger partial charge in [0.15, 0.2) is 5.78 Å². The molecule has 226 valence electrons. The molecular formula is C31H46N4O6. The molecular weight excluding hydrogens is 524 g/mol. The molecule has 0 unspecified atom stereocenters. The largest absolute Gasteiger partial charge is 0.496 e. The fraction of sp³-hybridized carbons (Fsp3) is 0.613. The van der Waals surface area contributed by atoms with Crippen LogP contribution in [0.25, 0.3) is 10.9 Å². The summed E-state index contributed by atoms with van der Waals surface area (Å²) in [6, 6.07) is 4.39. The first-order valence-corrected chi connectivity index (χ1v) is 14.1. The predicted octanol–water partition coefficient (Wildman–Crippen LogP) is 3.29. The molecule has 1 aromatic carbocycles. The number of rotatable bonds is 8. The van der Waals surface area contributed by atoms with Crippen LogP contribution in [0, 0.1) is 22.2 Å². The zero-order chi connectivity index (χ0) is 31.1. The van der Waals surface area contributed by atoms with Crippen molar-refractivity contribution in [1.29, 1.82) is 0 Å². The molecule has 2 heterocycles. The summed E-state index contributed by atoms with van der Waals surface area (Å²) >= 11 is 0. The summed E-state index contributed by atoms with van der Waals surface area (Å²) in [7, 11) is 1.56. The average Bonchev–Trinajstić information content (AvgIpc) is 3.41. The van der Waals surface area contributed by atoms with E-state index in [9.17, 15) is 24.3 Å². The van der Waals surface area contributed by atoms with Gasteiger partial charge in [-0.3, -0.25) is 19.2 Å². The third kappa shape index (κ3) is 6.42. The van der Waals surface area contributed by atoms with Crippen molar-refractivity contribution in [2.75, 3.05) is 20.3 Å². The van der Waals surface area contributed by atoms with Crippen LogP contribution >= 0.6 is 0 Å². The van der Waals surface area contributed by atoms with Crippen molar-refractivity contribution in [1.82, 2.24) is 20.5 Å². The van der Waals surface area contributed by atoms with E-state index in [1.165, 1.54) is 4.90 Å². The lowest BCUT2D eigenvalue weighted by atomic mass is 9.76. The van der Waals surface area contributed by atoms with Crippen LogP contribution in [0.3, 0.4) is 0 Å². The highest BCUT2D eigenvalue weighted by atomic mass is 16.5. The number of aromatic amines is 1. The van der Waals surface area contributed by atoms with Gasteiger partial charge in [-0.05, 0) is 40.4 Å². The number of aliphatic hydroxyl groups is 1. The van der Waals surface area contributed by atoms with Gasteiger partial charge in [0.25, 0.3) is 5.91 Å². The van der Waals surface area contributed by atoms with Gasteiger partial charge in [0, 0.05) is 17.4 Å². The highest BCUT2D eigenvalue weighted by Gasteiger charge is 2.54. The molecule has 10 heteroatoms. The first-order valence-electron chi connectivity index (χ1n) is 14.1. The molecule has 0 saturated carbocycles. The number of ether oxygens (including phenoxy) is 1. The maximum Gasteiger partial charge on any atom is 0.268 e. The van der Waals surface area contributed by atoms with E-state index in [-0.39, 0.29) is 17.5 Å². The van der Waals surface area contributed by atoms with Crippen molar-refractivity contribution >= 4 is 34.4 Å².